The molecule has 0 saturated heterocycles. The zero-order valence-corrected chi connectivity index (χ0v) is 18.9. The molecule has 34 heavy (non-hydrogen) atoms. The summed E-state index contributed by atoms with van der Waals surface area (Å²) in [5.41, 5.74) is -1.36. The summed E-state index contributed by atoms with van der Waals surface area (Å²) in [4.78, 5) is 24.4. The van der Waals surface area contributed by atoms with Crippen LogP contribution in [0.25, 0.3) is 0 Å². The molecular formula is C25H27F5O4. The van der Waals surface area contributed by atoms with Crippen LogP contribution < -0.4 is 0 Å². The SMILES string of the molecule is CCCCCCCCCCOC(=O)c1cccc(C(=O)OCc2c(F)c(F)c(F)c(F)c2F)c1. The highest BCUT2D eigenvalue weighted by Gasteiger charge is 2.26. The van der Waals surface area contributed by atoms with Crippen LogP contribution in [0.3, 0.4) is 0 Å². The number of rotatable bonds is 13. The van der Waals surface area contributed by atoms with Crippen LogP contribution in [0.1, 0.15) is 84.6 Å². The summed E-state index contributed by atoms with van der Waals surface area (Å²) in [6, 6.07) is 5.23. The van der Waals surface area contributed by atoms with Gasteiger partial charge in [0.25, 0.3) is 0 Å². The Morgan fingerprint density at radius 2 is 1.15 bits per heavy atom. The zero-order valence-electron chi connectivity index (χ0n) is 18.9. The molecule has 4 nitrogen and oxygen atoms in total. The Morgan fingerprint density at radius 3 is 1.71 bits per heavy atom. The molecule has 0 unspecified atom stereocenters. The van der Waals surface area contributed by atoms with Gasteiger partial charge in [-0.05, 0) is 24.6 Å². The van der Waals surface area contributed by atoms with Gasteiger partial charge < -0.3 is 9.47 Å². The van der Waals surface area contributed by atoms with Crippen LogP contribution in [0.5, 0.6) is 0 Å². The molecule has 0 bridgehead atoms. The Labute approximate surface area is 195 Å². The van der Waals surface area contributed by atoms with E-state index in [1.807, 2.05) is 0 Å². The van der Waals surface area contributed by atoms with E-state index < -0.39 is 53.2 Å². The lowest BCUT2D eigenvalue weighted by atomic mass is 10.1. The number of benzene rings is 2. The molecule has 0 aromatic heterocycles. The Bertz CT molecular complexity index is 965. The normalized spacial score (nSPS) is 10.9. The first kappa shape index (κ1) is 27.3. The van der Waals surface area contributed by atoms with Crippen LogP contribution in [0.4, 0.5) is 22.0 Å². The monoisotopic (exact) mass is 486 g/mol. The van der Waals surface area contributed by atoms with Gasteiger partial charge in [-0.15, -0.1) is 0 Å². The first-order chi connectivity index (χ1) is 16.3. The van der Waals surface area contributed by atoms with Crippen molar-refractivity contribution < 1.29 is 41.0 Å². The van der Waals surface area contributed by atoms with Gasteiger partial charge in [-0.3, -0.25) is 0 Å². The third kappa shape index (κ3) is 7.53. The summed E-state index contributed by atoms with van der Waals surface area (Å²) in [5, 5.41) is 0. The van der Waals surface area contributed by atoms with Gasteiger partial charge in [0.15, 0.2) is 23.3 Å². The van der Waals surface area contributed by atoms with E-state index in [9.17, 15) is 31.5 Å². The first-order valence-corrected chi connectivity index (χ1v) is 11.2. The van der Waals surface area contributed by atoms with Crippen molar-refractivity contribution in [2.45, 2.75) is 64.9 Å². The third-order valence-electron chi connectivity index (χ3n) is 5.21. The van der Waals surface area contributed by atoms with Crippen molar-refractivity contribution in [2.24, 2.45) is 0 Å². The predicted octanol–water partition coefficient (Wildman–Crippen LogP) is 7.04. The second-order valence-corrected chi connectivity index (χ2v) is 7.82. The Morgan fingerprint density at radius 1 is 0.676 bits per heavy atom. The van der Waals surface area contributed by atoms with Gasteiger partial charge in [0, 0.05) is 0 Å². The van der Waals surface area contributed by atoms with Crippen LogP contribution in [0.2, 0.25) is 0 Å². The lowest BCUT2D eigenvalue weighted by Gasteiger charge is -2.10. The minimum absolute atomic E-state index is 0.0604. The van der Waals surface area contributed by atoms with Gasteiger partial charge >= 0.3 is 11.9 Å². The lowest BCUT2D eigenvalue weighted by Crippen LogP contribution is -2.13. The highest BCUT2D eigenvalue weighted by atomic mass is 19.2. The molecule has 0 atom stereocenters. The van der Waals surface area contributed by atoms with Gasteiger partial charge in [0.1, 0.15) is 6.61 Å². The van der Waals surface area contributed by atoms with Crippen LogP contribution in [-0.4, -0.2) is 18.5 Å². The molecule has 0 fully saturated rings. The number of carbonyl (C=O) groups is 2. The van der Waals surface area contributed by atoms with Gasteiger partial charge in [0.05, 0.1) is 23.3 Å². The fraction of sp³-hybridized carbons (Fsp3) is 0.440. The number of ether oxygens (including phenoxy) is 2. The average molecular weight is 486 g/mol. The molecule has 2 rings (SSSR count). The molecule has 0 amide bonds. The Kier molecular flexibility index (Phi) is 11.0. The summed E-state index contributed by atoms with van der Waals surface area (Å²) in [5.74, 6) is -12.5. The molecule has 0 aliphatic heterocycles. The quantitative estimate of drug-likeness (QED) is 0.100. The fourth-order valence-electron chi connectivity index (χ4n) is 3.26. The van der Waals surface area contributed by atoms with E-state index in [4.69, 9.17) is 9.47 Å². The molecule has 0 aliphatic rings. The highest BCUT2D eigenvalue weighted by molar-refractivity contribution is 5.95. The number of hydrogen-bond donors (Lipinski definition) is 0. The minimum Gasteiger partial charge on any atom is -0.462 e. The number of hydrogen-bond acceptors (Lipinski definition) is 4. The van der Waals surface area contributed by atoms with Gasteiger partial charge in [-0.25, -0.2) is 31.5 Å². The predicted molar refractivity (Wildman–Crippen MR) is 115 cm³/mol. The standard InChI is InChI=1S/C25H27F5O4/c1-2-3-4-5-6-7-8-9-13-33-24(31)16-11-10-12-17(14-16)25(32)34-15-18-19(26)21(28)23(30)22(29)20(18)27/h10-12,14H,2-9,13,15H2,1H3. The topological polar surface area (TPSA) is 52.6 Å². The first-order valence-electron chi connectivity index (χ1n) is 11.2. The minimum atomic E-state index is -2.30. The van der Waals surface area contributed by atoms with E-state index in [2.05, 4.69) is 6.92 Å². The van der Waals surface area contributed by atoms with Gasteiger partial charge in [-0.1, -0.05) is 57.9 Å². The number of esters is 2. The number of unbranched alkanes of at least 4 members (excludes halogenated alkanes) is 7. The van der Waals surface area contributed by atoms with Crippen LogP contribution >= 0.6 is 0 Å². The van der Waals surface area contributed by atoms with Crippen molar-refractivity contribution in [3.05, 3.63) is 70.0 Å². The molecule has 0 N–H and O–H groups in total. The fourth-order valence-corrected chi connectivity index (χ4v) is 3.26. The van der Waals surface area contributed by atoms with Crippen molar-refractivity contribution in [2.75, 3.05) is 6.61 Å². The van der Waals surface area contributed by atoms with E-state index in [0.717, 1.165) is 25.3 Å². The molecule has 0 heterocycles. The molecule has 2 aromatic carbocycles. The van der Waals surface area contributed by atoms with E-state index in [-0.39, 0.29) is 17.7 Å². The molecule has 0 spiro atoms. The lowest BCUT2D eigenvalue weighted by molar-refractivity contribution is 0.0462. The zero-order chi connectivity index (χ0) is 25.1. The third-order valence-corrected chi connectivity index (χ3v) is 5.21. The summed E-state index contributed by atoms with van der Waals surface area (Å²) in [6.45, 7) is 1.20. The van der Waals surface area contributed by atoms with E-state index in [1.165, 1.54) is 43.9 Å². The summed E-state index contributed by atoms with van der Waals surface area (Å²) >= 11 is 0. The van der Waals surface area contributed by atoms with Crippen LogP contribution in [0.15, 0.2) is 24.3 Å². The highest BCUT2D eigenvalue weighted by Crippen LogP contribution is 2.24. The molecule has 0 saturated carbocycles. The van der Waals surface area contributed by atoms with Crippen LogP contribution in [0, 0.1) is 29.1 Å². The number of carbonyl (C=O) groups excluding carboxylic acids is 2. The van der Waals surface area contributed by atoms with Crippen molar-refractivity contribution in [1.82, 2.24) is 0 Å². The number of halogens is 5. The summed E-state index contributed by atoms with van der Waals surface area (Å²) in [7, 11) is 0. The van der Waals surface area contributed by atoms with E-state index in [1.54, 1.807) is 0 Å². The molecule has 0 radical (unpaired) electrons. The van der Waals surface area contributed by atoms with Crippen molar-refractivity contribution >= 4 is 11.9 Å². The summed E-state index contributed by atoms with van der Waals surface area (Å²) in [6.07, 6.45) is 8.70. The van der Waals surface area contributed by atoms with Crippen molar-refractivity contribution in [1.29, 1.82) is 0 Å². The second-order valence-electron chi connectivity index (χ2n) is 7.82. The van der Waals surface area contributed by atoms with E-state index in [0.29, 0.717) is 6.42 Å². The summed E-state index contributed by atoms with van der Waals surface area (Å²) < 4.78 is 77.0. The van der Waals surface area contributed by atoms with Crippen molar-refractivity contribution in [3.63, 3.8) is 0 Å². The molecule has 9 heteroatoms. The molecule has 186 valence electrons. The molecular weight excluding hydrogens is 459 g/mol. The van der Waals surface area contributed by atoms with E-state index >= 15 is 0 Å². The average Bonchev–Trinajstić information content (AvgIpc) is 2.85. The van der Waals surface area contributed by atoms with Gasteiger partial charge in [0.2, 0.25) is 5.82 Å². The Balaban J connectivity index is 1.86. The van der Waals surface area contributed by atoms with Crippen LogP contribution in [-0.2, 0) is 16.1 Å². The van der Waals surface area contributed by atoms with Crippen molar-refractivity contribution in [3.8, 4) is 0 Å². The maximum atomic E-state index is 13.7. The largest absolute Gasteiger partial charge is 0.462 e. The maximum absolute atomic E-state index is 13.7. The maximum Gasteiger partial charge on any atom is 0.338 e. The van der Waals surface area contributed by atoms with Gasteiger partial charge in [-0.2, -0.15) is 0 Å². The second kappa shape index (κ2) is 13.7. The molecule has 0 aliphatic carbocycles. The smallest absolute Gasteiger partial charge is 0.338 e. The Hall–Kier alpha value is -2.97. The molecule has 2 aromatic rings.